The molecule has 2 rings (SSSR count). The molecule has 0 N–H and O–H groups in total. The van der Waals surface area contributed by atoms with Crippen LogP contribution in [0.4, 0.5) is 5.13 Å². The summed E-state index contributed by atoms with van der Waals surface area (Å²) in [5.41, 5.74) is 0.754. The van der Waals surface area contributed by atoms with Crippen molar-refractivity contribution in [2.24, 2.45) is 0 Å². The van der Waals surface area contributed by atoms with E-state index in [0.717, 1.165) is 30.2 Å². The average molecular weight is 295 g/mol. The first kappa shape index (κ1) is 15.0. The molecule has 1 atom stereocenters. The van der Waals surface area contributed by atoms with Crippen molar-refractivity contribution in [3.8, 4) is 0 Å². The van der Waals surface area contributed by atoms with Gasteiger partial charge in [-0.15, -0.1) is 11.3 Å². The molecule has 110 valence electrons. The SMILES string of the molecule is CCC(C)N(C)C(=O)Cc1csc(N2CCCC2=O)n1. The van der Waals surface area contributed by atoms with Crippen molar-refractivity contribution in [2.75, 3.05) is 18.5 Å². The summed E-state index contributed by atoms with van der Waals surface area (Å²) in [4.78, 5) is 31.7. The number of nitrogens with zero attached hydrogens (tertiary/aromatic N) is 3. The van der Waals surface area contributed by atoms with Gasteiger partial charge in [0.15, 0.2) is 5.13 Å². The second-order valence-electron chi connectivity index (χ2n) is 5.21. The summed E-state index contributed by atoms with van der Waals surface area (Å²) >= 11 is 1.44. The van der Waals surface area contributed by atoms with Gasteiger partial charge in [0.05, 0.1) is 12.1 Å². The molecule has 0 saturated carbocycles. The first-order chi connectivity index (χ1) is 9.52. The van der Waals surface area contributed by atoms with Gasteiger partial charge < -0.3 is 4.90 Å². The predicted octanol–water partition coefficient (Wildman–Crippen LogP) is 2.07. The van der Waals surface area contributed by atoms with Crippen LogP contribution in [-0.2, 0) is 16.0 Å². The van der Waals surface area contributed by atoms with E-state index in [1.165, 1.54) is 11.3 Å². The molecule has 1 unspecified atom stereocenters. The minimum absolute atomic E-state index is 0.0731. The van der Waals surface area contributed by atoms with E-state index in [1.807, 2.05) is 19.4 Å². The summed E-state index contributed by atoms with van der Waals surface area (Å²) in [5, 5.41) is 2.60. The third-order valence-electron chi connectivity index (χ3n) is 3.82. The Labute approximate surface area is 123 Å². The summed E-state index contributed by atoms with van der Waals surface area (Å²) < 4.78 is 0. The lowest BCUT2D eigenvalue weighted by atomic mass is 10.2. The van der Waals surface area contributed by atoms with Crippen LogP contribution in [-0.4, -0.2) is 41.3 Å². The zero-order valence-corrected chi connectivity index (χ0v) is 13.1. The van der Waals surface area contributed by atoms with E-state index < -0.39 is 0 Å². The summed E-state index contributed by atoms with van der Waals surface area (Å²) in [6.45, 7) is 4.84. The molecule has 0 spiro atoms. The highest BCUT2D eigenvalue weighted by atomic mass is 32.1. The third-order valence-corrected chi connectivity index (χ3v) is 4.73. The smallest absolute Gasteiger partial charge is 0.228 e. The van der Waals surface area contributed by atoms with Gasteiger partial charge in [0, 0.05) is 31.4 Å². The maximum atomic E-state index is 12.1. The number of hydrogen-bond acceptors (Lipinski definition) is 4. The molecule has 2 heterocycles. The molecule has 2 amide bonds. The highest BCUT2D eigenvalue weighted by Gasteiger charge is 2.24. The van der Waals surface area contributed by atoms with Gasteiger partial charge in [0.1, 0.15) is 0 Å². The van der Waals surface area contributed by atoms with Gasteiger partial charge in [-0.2, -0.15) is 0 Å². The van der Waals surface area contributed by atoms with Crippen LogP contribution in [0.1, 0.15) is 38.8 Å². The first-order valence-electron chi connectivity index (χ1n) is 7.03. The van der Waals surface area contributed by atoms with E-state index in [9.17, 15) is 9.59 Å². The number of aromatic nitrogens is 1. The lowest BCUT2D eigenvalue weighted by Crippen LogP contribution is -2.35. The van der Waals surface area contributed by atoms with Gasteiger partial charge in [-0.1, -0.05) is 6.92 Å². The zero-order valence-electron chi connectivity index (χ0n) is 12.3. The molecule has 1 aliphatic rings. The van der Waals surface area contributed by atoms with Crippen LogP contribution >= 0.6 is 11.3 Å². The highest BCUT2D eigenvalue weighted by Crippen LogP contribution is 2.25. The number of carbonyl (C=O) groups excluding carboxylic acids is 2. The van der Waals surface area contributed by atoms with E-state index in [4.69, 9.17) is 0 Å². The molecule has 1 aromatic rings. The molecule has 1 aromatic heterocycles. The molecular weight excluding hydrogens is 274 g/mol. The number of anilines is 1. The van der Waals surface area contributed by atoms with Crippen LogP contribution in [0.5, 0.6) is 0 Å². The monoisotopic (exact) mass is 295 g/mol. The lowest BCUT2D eigenvalue weighted by molar-refractivity contribution is -0.131. The Morgan fingerprint density at radius 1 is 1.60 bits per heavy atom. The number of carbonyl (C=O) groups is 2. The zero-order chi connectivity index (χ0) is 14.7. The van der Waals surface area contributed by atoms with Gasteiger partial charge in [-0.3, -0.25) is 14.5 Å². The Hall–Kier alpha value is -1.43. The summed E-state index contributed by atoms with van der Waals surface area (Å²) in [5.74, 6) is 0.206. The number of amides is 2. The molecule has 1 fully saturated rings. The topological polar surface area (TPSA) is 53.5 Å². The third kappa shape index (κ3) is 3.17. The van der Waals surface area contributed by atoms with Crippen molar-refractivity contribution in [3.05, 3.63) is 11.1 Å². The van der Waals surface area contributed by atoms with E-state index in [-0.39, 0.29) is 17.9 Å². The lowest BCUT2D eigenvalue weighted by Gasteiger charge is -2.23. The van der Waals surface area contributed by atoms with E-state index in [0.29, 0.717) is 12.8 Å². The van der Waals surface area contributed by atoms with Crippen molar-refractivity contribution < 1.29 is 9.59 Å². The maximum absolute atomic E-state index is 12.1. The summed E-state index contributed by atoms with van der Waals surface area (Å²) in [6.07, 6.45) is 2.74. The number of likely N-dealkylation sites (N-methyl/N-ethyl adjacent to an activating group) is 1. The molecule has 0 aromatic carbocycles. The largest absolute Gasteiger partial charge is 0.343 e. The molecule has 0 aliphatic carbocycles. The van der Waals surface area contributed by atoms with Crippen molar-refractivity contribution >= 4 is 28.3 Å². The van der Waals surface area contributed by atoms with Gasteiger partial charge in [-0.25, -0.2) is 4.98 Å². The van der Waals surface area contributed by atoms with Crippen molar-refractivity contribution in [2.45, 2.75) is 45.6 Å². The van der Waals surface area contributed by atoms with Crippen LogP contribution in [0, 0.1) is 0 Å². The van der Waals surface area contributed by atoms with Crippen molar-refractivity contribution in [1.29, 1.82) is 0 Å². The maximum Gasteiger partial charge on any atom is 0.228 e. The summed E-state index contributed by atoms with van der Waals surface area (Å²) in [6, 6.07) is 0.237. The Balaban J connectivity index is 1.99. The Morgan fingerprint density at radius 3 is 2.95 bits per heavy atom. The fraction of sp³-hybridized carbons (Fsp3) is 0.643. The second-order valence-corrected chi connectivity index (χ2v) is 6.05. The Kier molecular flexibility index (Phi) is 4.75. The Bertz CT molecular complexity index is 500. The van der Waals surface area contributed by atoms with Gasteiger partial charge >= 0.3 is 0 Å². The normalized spacial score (nSPS) is 16.6. The van der Waals surface area contributed by atoms with Crippen molar-refractivity contribution in [1.82, 2.24) is 9.88 Å². The van der Waals surface area contributed by atoms with E-state index in [1.54, 1.807) is 9.80 Å². The van der Waals surface area contributed by atoms with Crippen LogP contribution < -0.4 is 4.90 Å². The molecule has 6 heteroatoms. The van der Waals surface area contributed by atoms with Crippen LogP contribution in [0.2, 0.25) is 0 Å². The van der Waals surface area contributed by atoms with Gasteiger partial charge in [0.25, 0.3) is 0 Å². The summed E-state index contributed by atoms with van der Waals surface area (Å²) in [7, 11) is 1.83. The predicted molar refractivity (Wildman–Crippen MR) is 79.9 cm³/mol. The Morgan fingerprint density at radius 2 is 2.35 bits per heavy atom. The highest BCUT2D eigenvalue weighted by molar-refractivity contribution is 7.14. The van der Waals surface area contributed by atoms with E-state index in [2.05, 4.69) is 11.9 Å². The molecule has 1 aliphatic heterocycles. The van der Waals surface area contributed by atoms with Gasteiger partial charge in [0.2, 0.25) is 11.8 Å². The molecule has 1 saturated heterocycles. The molecule has 5 nitrogen and oxygen atoms in total. The van der Waals surface area contributed by atoms with E-state index >= 15 is 0 Å². The number of rotatable bonds is 5. The molecule has 20 heavy (non-hydrogen) atoms. The number of hydrogen-bond donors (Lipinski definition) is 0. The first-order valence-corrected chi connectivity index (χ1v) is 7.91. The van der Waals surface area contributed by atoms with Crippen LogP contribution in [0.15, 0.2) is 5.38 Å². The molecule has 0 radical (unpaired) electrons. The molecular formula is C14H21N3O2S. The average Bonchev–Trinajstić information content (AvgIpc) is 3.05. The number of thiazole rings is 1. The fourth-order valence-electron chi connectivity index (χ4n) is 2.15. The second kappa shape index (κ2) is 6.35. The quantitative estimate of drug-likeness (QED) is 0.835. The van der Waals surface area contributed by atoms with Crippen molar-refractivity contribution in [3.63, 3.8) is 0 Å². The fourth-order valence-corrected chi connectivity index (χ4v) is 3.02. The minimum Gasteiger partial charge on any atom is -0.343 e. The standard InChI is InChI=1S/C14H21N3O2S/c1-4-10(2)16(3)13(19)8-11-9-20-14(15-11)17-7-5-6-12(17)18/h9-10H,4-8H2,1-3H3. The van der Waals surface area contributed by atoms with Gasteiger partial charge in [-0.05, 0) is 19.8 Å². The minimum atomic E-state index is 0.0731. The molecule has 0 bridgehead atoms. The van der Waals surface area contributed by atoms with Crippen LogP contribution in [0.3, 0.4) is 0 Å². The van der Waals surface area contributed by atoms with Crippen LogP contribution in [0.25, 0.3) is 0 Å².